The second kappa shape index (κ2) is 6.55. The topological polar surface area (TPSA) is 34.0 Å². The van der Waals surface area contributed by atoms with Crippen LogP contribution in [0, 0.1) is 0 Å². The summed E-state index contributed by atoms with van der Waals surface area (Å²) in [6.45, 7) is 2.77. The maximum absolute atomic E-state index is 5.62. The highest BCUT2D eigenvalue weighted by atomic mass is 16.5. The van der Waals surface area contributed by atoms with Crippen LogP contribution in [0.3, 0.4) is 0 Å². The van der Waals surface area contributed by atoms with Crippen molar-refractivity contribution in [1.82, 2.24) is 0 Å². The van der Waals surface area contributed by atoms with Crippen LogP contribution in [-0.4, -0.2) is 6.61 Å². The standard InChI is InChI=1S/C15H16N2O/c1-2-12-18-15-11-7-6-10-14(15)17-16-13-8-4-3-5-9-13/h3-11H,2,12H2,1H3. The summed E-state index contributed by atoms with van der Waals surface area (Å²) in [5, 5.41) is 8.42. The number of hydrogen-bond acceptors (Lipinski definition) is 3. The fourth-order valence-corrected chi connectivity index (χ4v) is 1.48. The summed E-state index contributed by atoms with van der Waals surface area (Å²) in [6.07, 6.45) is 0.976. The fraction of sp³-hybridized carbons (Fsp3) is 0.200. The van der Waals surface area contributed by atoms with Crippen LogP contribution >= 0.6 is 0 Å². The Hall–Kier alpha value is -2.16. The van der Waals surface area contributed by atoms with Gasteiger partial charge in [0.15, 0.2) is 0 Å². The molecule has 0 aromatic heterocycles. The van der Waals surface area contributed by atoms with Gasteiger partial charge in [0.1, 0.15) is 11.4 Å². The van der Waals surface area contributed by atoms with Crippen LogP contribution in [0.5, 0.6) is 5.75 Å². The second-order valence-corrected chi connectivity index (χ2v) is 3.85. The molecule has 3 heteroatoms. The highest BCUT2D eigenvalue weighted by molar-refractivity contribution is 5.51. The summed E-state index contributed by atoms with van der Waals surface area (Å²) in [6, 6.07) is 17.3. The van der Waals surface area contributed by atoms with Gasteiger partial charge in [-0.1, -0.05) is 37.3 Å². The number of para-hydroxylation sites is 1. The molecule has 2 rings (SSSR count). The highest BCUT2D eigenvalue weighted by Crippen LogP contribution is 2.28. The molecule has 0 heterocycles. The molecule has 2 aromatic carbocycles. The van der Waals surface area contributed by atoms with Crippen molar-refractivity contribution in [2.45, 2.75) is 13.3 Å². The monoisotopic (exact) mass is 240 g/mol. The van der Waals surface area contributed by atoms with E-state index in [0.29, 0.717) is 6.61 Å². The lowest BCUT2D eigenvalue weighted by Gasteiger charge is -2.06. The summed E-state index contributed by atoms with van der Waals surface area (Å²) in [5.41, 5.74) is 1.59. The molecule has 0 aliphatic rings. The van der Waals surface area contributed by atoms with Crippen molar-refractivity contribution < 1.29 is 4.74 Å². The Labute approximate surface area is 107 Å². The predicted octanol–water partition coefficient (Wildman–Crippen LogP) is 4.89. The molecular formula is C15H16N2O. The zero-order valence-corrected chi connectivity index (χ0v) is 10.4. The number of rotatable bonds is 5. The Morgan fingerprint density at radius 1 is 0.889 bits per heavy atom. The molecule has 92 valence electrons. The van der Waals surface area contributed by atoms with E-state index in [2.05, 4.69) is 17.2 Å². The number of azo groups is 1. The third-order valence-corrected chi connectivity index (χ3v) is 2.36. The van der Waals surface area contributed by atoms with Gasteiger partial charge in [0, 0.05) is 0 Å². The van der Waals surface area contributed by atoms with Gasteiger partial charge in [0.05, 0.1) is 12.3 Å². The first-order valence-electron chi connectivity index (χ1n) is 6.09. The van der Waals surface area contributed by atoms with Crippen LogP contribution in [0.1, 0.15) is 13.3 Å². The molecule has 0 amide bonds. The Morgan fingerprint density at radius 2 is 1.61 bits per heavy atom. The van der Waals surface area contributed by atoms with Crippen LogP contribution in [0.15, 0.2) is 64.8 Å². The van der Waals surface area contributed by atoms with Gasteiger partial charge in [-0.3, -0.25) is 0 Å². The average Bonchev–Trinajstić information content (AvgIpc) is 2.45. The van der Waals surface area contributed by atoms with E-state index in [1.165, 1.54) is 0 Å². The molecule has 2 aromatic rings. The zero-order chi connectivity index (χ0) is 12.6. The summed E-state index contributed by atoms with van der Waals surface area (Å²) < 4.78 is 5.62. The Balaban J connectivity index is 2.15. The average molecular weight is 240 g/mol. The Bertz CT molecular complexity index is 509. The van der Waals surface area contributed by atoms with Crippen LogP contribution in [-0.2, 0) is 0 Å². The molecule has 0 radical (unpaired) electrons. The summed E-state index contributed by atoms with van der Waals surface area (Å²) in [7, 11) is 0. The molecule has 0 spiro atoms. The Morgan fingerprint density at radius 3 is 2.39 bits per heavy atom. The lowest BCUT2D eigenvalue weighted by Crippen LogP contribution is -1.94. The van der Waals surface area contributed by atoms with Crippen LogP contribution in [0.2, 0.25) is 0 Å². The van der Waals surface area contributed by atoms with Crippen LogP contribution in [0.4, 0.5) is 11.4 Å². The van der Waals surface area contributed by atoms with Gasteiger partial charge in [-0.2, -0.15) is 5.11 Å². The van der Waals surface area contributed by atoms with Gasteiger partial charge in [0.25, 0.3) is 0 Å². The highest BCUT2D eigenvalue weighted by Gasteiger charge is 2.00. The SMILES string of the molecule is CCCOc1ccccc1N=Nc1ccccc1. The quantitative estimate of drug-likeness (QED) is 0.685. The molecule has 18 heavy (non-hydrogen) atoms. The van der Waals surface area contributed by atoms with Crippen molar-refractivity contribution in [3.63, 3.8) is 0 Å². The van der Waals surface area contributed by atoms with Crippen molar-refractivity contribution in [3.05, 3.63) is 54.6 Å². The van der Waals surface area contributed by atoms with Gasteiger partial charge >= 0.3 is 0 Å². The third-order valence-electron chi connectivity index (χ3n) is 2.36. The van der Waals surface area contributed by atoms with E-state index >= 15 is 0 Å². The first-order valence-corrected chi connectivity index (χ1v) is 6.09. The maximum Gasteiger partial charge on any atom is 0.146 e. The lowest BCUT2D eigenvalue weighted by molar-refractivity contribution is 0.318. The molecule has 0 saturated heterocycles. The second-order valence-electron chi connectivity index (χ2n) is 3.85. The van der Waals surface area contributed by atoms with E-state index in [-0.39, 0.29) is 0 Å². The fourth-order valence-electron chi connectivity index (χ4n) is 1.48. The normalized spacial score (nSPS) is 10.7. The number of nitrogens with zero attached hydrogens (tertiary/aromatic N) is 2. The molecule has 0 atom stereocenters. The lowest BCUT2D eigenvalue weighted by atomic mass is 10.3. The van der Waals surface area contributed by atoms with E-state index in [0.717, 1.165) is 23.5 Å². The molecule has 0 bridgehead atoms. The molecule has 0 aliphatic carbocycles. The number of hydrogen-bond donors (Lipinski definition) is 0. The number of ether oxygens (including phenoxy) is 1. The van der Waals surface area contributed by atoms with E-state index < -0.39 is 0 Å². The predicted molar refractivity (Wildman–Crippen MR) is 72.8 cm³/mol. The molecule has 0 saturated carbocycles. The van der Waals surface area contributed by atoms with Crippen molar-refractivity contribution >= 4 is 11.4 Å². The van der Waals surface area contributed by atoms with Crippen LogP contribution < -0.4 is 4.74 Å². The zero-order valence-electron chi connectivity index (χ0n) is 10.4. The van der Waals surface area contributed by atoms with Crippen molar-refractivity contribution in [2.75, 3.05) is 6.61 Å². The van der Waals surface area contributed by atoms with Gasteiger partial charge in [-0.15, -0.1) is 5.11 Å². The van der Waals surface area contributed by atoms with Crippen molar-refractivity contribution in [3.8, 4) is 5.75 Å². The van der Waals surface area contributed by atoms with E-state index in [4.69, 9.17) is 4.74 Å². The minimum absolute atomic E-state index is 0.692. The first kappa shape index (κ1) is 12.3. The van der Waals surface area contributed by atoms with E-state index in [9.17, 15) is 0 Å². The van der Waals surface area contributed by atoms with E-state index in [1.54, 1.807) is 0 Å². The maximum atomic E-state index is 5.62. The smallest absolute Gasteiger partial charge is 0.146 e. The molecule has 0 aliphatic heterocycles. The first-order chi connectivity index (χ1) is 8.90. The van der Waals surface area contributed by atoms with Crippen LogP contribution in [0.25, 0.3) is 0 Å². The largest absolute Gasteiger partial charge is 0.491 e. The van der Waals surface area contributed by atoms with Crippen molar-refractivity contribution in [1.29, 1.82) is 0 Å². The van der Waals surface area contributed by atoms with Crippen molar-refractivity contribution in [2.24, 2.45) is 10.2 Å². The summed E-state index contributed by atoms with van der Waals surface area (Å²) in [5.74, 6) is 0.777. The van der Waals surface area contributed by atoms with Gasteiger partial charge in [-0.25, -0.2) is 0 Å². The minimum atomic E-state index is 0.692. The summed E-state index contributed by atoms with van der Waals surface area (Å²) >= 11 is 0. The van der Waals surface area contributed by atoms with E-state index in [1.807, 2.05) is 54.6 Å². The number of benzene rings is 2. The summed E-state index contributed by atoms with van der Waals surface area (Å²) in [4.78, 5) is 0. The van der Waals surface area contributed by atoms with Gasteiger partial charge < -0.3 is 4.74 Å². The molecule has 0 unspecified atom stereocenters. The molecule has 0 fully saturated rings. The molecule has 0 N–H and O–H groups in total. The minimum Gasteiger partial charge on any atom is -0.491 e. The van der Waals surface area contributed by atoms with Gasteiger partial charge in [-0.05, 0) is 30.7 Å². The third kappa shape index (κ3) is 3.42. The molecule has 3 nitrogen and oxygen atoms in total. The van der Waals surface area contributed by atoms with Gasteiger partial charge in [0.2, 0.25) is 0 Å². The Kier molecular flexibility index (Phi) is 4.47. The molecular weight excluding hydrogens is 224 g/mol.